The number of nitrogens with zero attached hydrogens (tertiary/aromatic N) is 3. The van der Waals surface area contributed by atoms with Gasteiger partial charge in [-0.1, -0.05) is 0 Å². The minimum absolute atomic E-state index is 0.287. The Morgan fingerprint density at radius 3 is 2.19 bits per heavy atom. The second kappa shape index (κ2) is 6.24. The van der Waals surface area contributed by atoms with Gasteiger partial charge in [0.15, 0.2) is 0 Å². The summed E-state index contributed by atoms with van der Waals surface area (Å²) in [6, 6.07) is 4.50. The third-order valence-electron chi connectivity index (χ3n) is 5.43. The molecule has 21 heavy (non-hydrogen) atoms. The van der Waals surface area contributed by atoms with Gasteiger partial charge in [-0.2, -0.15) is 5.26 Å². The van der Waals surface area contributed by atoms with E-state index in [1.807, 2.05) is 0 Å². The second-order valence-electron chi connectivity index (χ2n) is 7.55. The fraction of sp³-hybridized carbons (Fsp3) is 0.941. The Kier molecular flexibility index (Phi) is 4.54. The lowest BCUT2D eigenvalue weighted by molar-refractivity contribution is 0.0583. The molecule has 1 aliphatic heterocycles. The quantitative estimate of drug-likeness (QED) is 0.859. The van der Waals surface area contributed by atoms with Crippen molar-refractivity contribution in [3.63, 3.8) is 0 Å². The zero-order valence-electron chi connectivity index (χ0n) is 13.6. The molecular weight excluding hydrogens is 260 g/mol. The van der Waals surface area contributed by atoms with Gasteiger partial charge in [0.05, 0.1) is 6.07 Å². The smallest absolute Gasteiger partial charge is 0.108 e. The minimum Gasteiger partial charge on any atom is -0.298 e. The normalized spacial score (nSPS) is 35.8. The Balaban J connectivity index is 1.57. The molecule has 3 rings (SSSR count). The fourth-order valence-corrected chi connectivity index (χ4v) is 4.28. The fourth-order valence-electron chi connectivity index (χ4n) is 4.28. The van der Waals surface area contributed by atoms with Crippen molar-refractivity contribution in [3.8, 4) is 6.07 Å². The van der Waals surface area contributed by atoms with E-state index < -0.39 is 0 Å². The van der Waals surface area contributed by atoms with Gasteiger partial charge in [0.2, 0.25) is 0 Å². The summed E-state index contributed by atoms with van der Waals surface area (Å²) in [5.74, 6) is 0. The van der Waals surface area contributed by atoms with E-state index in [2.05, 4.69) is 35.0 Å². The molecule has 4 heteroatoms. The number of hydrogen-bond acceptors (Lipinski definition) is 4. The lowest BCUT2D eigenvalue weighted by Gasteiger charge is -2.45. The highest BCUT2D eigenvalue weighted by Gasteiger charge is 2.40. The van der Waals surface area contributed by atoms with E-state index in [9.17, 15) is 5.26 Å². The summed E-state index contributed by atoms with van der Waals surface area (Å²) in [7, 11) is 0. The van der Waals surface area contributed by atoms with Crippen LogP contribution in [-0.2, 0) is 0 Å². The Bertz CT molecular complexity index is 390. The Morgan fingerprint density at radius 2 is 1.67 bits per heavy atom. The molecule has 2 saturated carbocycles. The van der Waals surface area contributed by atoms with Crippen molar-refractivity contribution < 1.29 is 0 Å². The molecule has 118 valence electrons. The van der Waals surface area contributed by atoms with E-state index >= 15 is 0 Å². The van der Waals surface area contributed by atoms with E-state index in [1.165, 1.54) is 51.9 Å². The zero-order chi connectivity index (χ0) is 14.9. The third kappa shape index (κ3) is 3.59. The molecule has 3 aliphatic rings. The van der Waals surface area contributed by atoms with E-state index in [0.717, 1.165) is 18.9 Å². The summed E-state index contributed by atoms with van der Waals surface area (Å²) >= 11 is 0. The van der Waals surface area contributed by atoms with Gasteiger partial charge in [-0.15, -0.1) is 0 Å². The van der Waals surface area contributed by atoms with Crippen LogP contribution in [0.25, 0.3) is 0 Å². The number of nitriles is 1. The van der Waals surface area contributed by atoms with E-state index in [4.69, 9.17) is 0 Å². The van der Waals surface area contributed by atoms with Crippen LogP contribution in [0.5, 0.6) is 0 Å². The van der Waals surface area contributed by atoms with E-state index in [0.29, 0.717) is 12.1 Å². The van der Waals surface area contributed by atoms with Crippen LogP contribution in [0.4, 0.5) is 0 Å². The lowest BCUT2D eigenvalue weighted by atomic mass is 9.78. The first-order chi connectivity index (χ1) is 10.1. The molecule has 2 aliphatic carbocycles. The molecule has 0 spiro atoms. The van der Waals surface area contributed by atoms with Gasteiger partial charge in [0.25, 0.3) is 0 Å². The number of nitrogens with one attached hydrogen (secondary N) is 1. The van der Waals surface area contributed by atoms with Crippen LogP contribution >= 0.6 is 0 Å². The SMILES string of the molecule is CC(C)NC1(C#N)CCCC(N2CCN(C3CC3)CC2)C1. The van der Waals surface area contributed by atoms with E-state index in [-0.39, 0.29) is 5.54 Å². The summed E-state index contributed by atoms with van der Waals surface area (Å²) in [5, 5.41) is 13.2. The van der Waals surface area contributed by atoms with Gasteiger partial charge < -0.3 is 0 Å². The molecule has 4 nitrogen and oxygen atoms in total. The first-order valence-electron chi connectivity index (χ1n) is 8.79. The van der Waals surface area contributed by atoms with Crippen LogP contribution in [0.2, 0.25) is 0 Å². The largest absolute Gasteiger partial charge is 0.298 e. The Labute approximate surface area is 129 Å². The van der Waals surface area contributed by atoms with Crippen molar-refractivity contribution in [2.24, 2.45) is 0 Å². The van der Waals surface area contributed by atoms with Gasteiger partial charge in [-0.05, 0) is 52.4 Å². The maximum absolute atomic E-state index is 9.69. The van der Waals surface area contributed by atoms with Crippen LogP contribution < -0.4 is 5.32 Å². The molecule has 0 aromatic carbocycles. The molecule has 0 aromatic rings. The molecule has 0 bridgehead atoms. The van der Waals surface area contributed by atoms with Crippen LogP contribution in [0.3, 0.4) is 0 Å². The minimum atomic E-state index is -0.287. The predicted molar refractivity (Wildman–Crippen MR) is 85.0 cm³/mol. The third-order valence-corrected chi connectivity index (χ3v) is 5.43. The molecule has 0 amide bonds. The van der Waals surface area contributed by atoms with Crippen molar-refractivity contribution >= 4 is 0 Å². The Morgan fingerprint density at radius 1 is 1.05 bits per heavy atom. The highest BCUT2D eigenvalue weighted by atomic mass is 15.3. The van der Waals surface area contributed by atoms with Crippen LogP contribution in [0.15, 0.2) is 0 Å². The molecular formula is C17H30N4. The monoisotopic (exact) mass is 290 g/mol. The van der Waals surface area contributed by atoms with Gasteiger partial charge >= 0.3 is 0 Å². The van der Waals surface area contributed by atoms with Crippen molar-refractivity contribution in [3.05, 3.63) is 0 Å². The summed E-state index contributed by atoms with van der Waals surface area (Å²) < 4.78 is 0. The Hall–Kier alpha value is -0.630. The number of rotatable bonds is 4. The van der Waals surface area contributed by atoms with E-state index in [1.54, 1.807) is 0 Å². The zero-order valence-corrected chi connectivity index (χ0v) is 13.6. The summed E-state index contributed by atoms with van der Waals surface area (Å²) in [6.45, 7) is 9.17. The van der Waals surface area contributed by atoms with Gasteiger partial charge in [-0.25, -0.2) is 0 Å². The highest BCUT2D eigenvalue weighted by molar-refractivity contribution is 5.12. The molecule has 2 unspecified atom stereocenters. The van der Waals surface area contributed by atoms with Gasteiger partial charge in [-0.3, -0.25) is 15.1 Å². The maximum Gasteiger partial charge on any atom is 0.108 e. The number of hydrogen-bond donors (Lipinski definition) is 1. The standard InChI is InChI=1S/C17H30N4/c1-14(2)19-17(13-18)7-3-4-16(12-17)21-10-8-20(9-11-21)15-5-6-15/h14-16,19H,3-12H2,1-2H3. The van der Waals surface area contributed by atoms with Crippen molar-refractivity contribution in [2.45, 2.75) is 76.0 Å². The van der Waals surface area contributed by atoms with Crippen LogP contribution in [0, 0.1) is 11.3 Å². The highest BCUT2D eigenvalue weighted by Crippen LogP contribution is 2.33. The molecule has 0 radical (unpaired) electrons. The molecule has 2 atom stereocenters. The van der Waals surface area contributed by atoms with Crippen LogP contribution in [-0.4, -0.2) is 59.6 Å². The molecule has 3 fully saturated rings. The van der Waals surface area contributed by atoms with Crippen molar-refractivity contribution in [2.75, 3.05) is 26.2 Å². The summed E-state index contributed by atoms with van der Waals surface area (Å²) in [6.07, 6.45) is 7.30. The average molecular weight is 290 g/mol. The molecule has 1 heterocycles. The second-order valence-corrected chi connectivity index (χ2v) is 7.55. The lowest BCUT2D eigenvalue weighted by Crippen LogP contribution is -2.57. The number of piperazine rings is 1. The topological polar surface area (TPSA) is 42.3 Å². The predicted octanol–water partition coefficient (Wildman–Crippen LogP) is 1.97. The summed E-state index contributed by atoms with van der Waals surface area (Å²) in [5.41, 5.74) is -0.287. The molecule has 1 N–H and O–H groups in total. The molecule has 0 aromatic heterocycles. The van der Waals surface area contributed by atoms with Crippen molar-refractivity contribution in [1.29, 1.82) is 5.26 Å². The van der Waals surface area contributed by atoms with Gasteiger partial charge in [0, 0.05) is 44.3 Å². The maximum atomic E-state index is 9.69. The first kappa shape index (κ1) is 15.3. The van der Waals surface area contributed by atoms with Crippen molar-refractivity contribution in [1.82, 2.24) is 15.1 Å². The molecule has 1 saturated heterocycles. The first-order valence-corrected chi connectivity index (χ1v) is 8.79. The van der Waals surface area contributed by atoms with Crippen LogP contribution in [0.1, 0.15) is 52.4 Å². The summed E-state index contributed by atoms with van der Waals surface area (Å²) in [4.78, 5) is 5.33. The average Bonchev–Trinajstić information content (AvgIpc) is 3.32. The van der Waals surface area contributed by atoms with Gasteiger partial charge in [0.1, 0.15) is 5.54 Å².